The first-order valence-corrected chi connectivity index (χ1v) is 6.83. The first kappa shape index (κ1) is 15.5. The Morgan fingerprint density at radius 1 is 1.19 bits per heavy atom. The smallest absolute Gasteiger partial charge is 0.145 e. The van der Waals surface area contributed by atoms with Gasteiger partial charge in [-0.1, -0.05) is 32.4 Å². The predicted molar refractivity (Wildman–Crippen MR) is 82.0 cm³/mol. The van der Waals surface area contributed by atoms with Gasteiger partial charge in [-0.25, -0.2) is 14.4 Å². The second-order valence-corrected chi connectivity index (χ2v) is 6.01. The van der Waals surface area contributed by atoms with Gasteiger partial charge in [0.2, 0.25) is 0 Å². The summed E-state index contributed by atoms with van der Waals surface area (Å²) in [6.45, 7) is 6.00. The minimum atomic E-state index is -0.367. The summed E-state index contributed by atoms with van der Waals surface area (Å²) < 4.78 is 18.4. The van der Waals surface area contributed by atoms with Crippen LogP contribution in [0.15, 0.2) is 24.3 Å². The first-order valence-electron chi connectivity index (χ1n) is 6.45. The first-order chi connectivity index (χ1) is 9.79. The molecule has 2 rings (SSSR count). The molecule has 0 spiro atoms. The summed E-state index contributed by atoms with van der Waals surface area (Å²) >= 11 is 6.04. The lowest BCUT2D eigenvalue weighted by molar-refractivity contribution is 0.413. The van der Waals surface area contributed by atoms with Gasteiger partial charge in [0.15, 0.2) is 0 Å². The SMILES string of the molecule is COc1cc(F)ccc1Nc1cc(Cl)nc(C(C)(C)C)n1. The number of ether oxygens (including phenoxy) is 1. The molecule has 0 fully saturated rings. The molecule has 4 nitrogen and oxygen atoms in total. The average molecular weight is 310 g/mol. The molecule has 0 aliphatic rings. The zero-order chi connectivity index (χ0) is 15.6. The molecule has 0 atom stereocenters. The van der Waals surface area contributed by atoms with Crippen molar-refractivity contribution in [2.75, 3.05) is 12.4 Å². The summed E-state index contributed by atoms with van der Waals surface area (Å²) in [5, 5.41) is 3.42. The highest BCUT2D eigenvalue weighted by atomic mass is 35.5. The number of nitrogens with zero attached hydrogens (tertiary/aromatic N) is 2. The van der Waals surface area contributed by atoms with Gasteiger partial charge >= 0.3 is 0 Å². The molecular weight excluding hydrogens is 293 g/mol. The van der Waals surface area contributed by atoms with Crippen molar-refractivity contribution >= 4 is 23.1 Å². The number of nitrogens with one attached hydrogen (secondary N) is 1. The van der Waals surface area contributed by atoms with Crippen molar-refractivity contribution < 1.29 is 9.13 Å². The van der Waals surface area contributed by atoms with E-state index in [0.717, 1.165) is 0 Å². The maximum absolute atomic E-state index is 13.2. The summed E-state index contributed by atoms with van der Waals surface area (Å²) in [5.41, 5.74) is 0.377. The van der Waals surface area contributed by atoms with E-state index in [1.54, 1.807) is 12.1 Å². The summed E-state index contributed by atoms with van der Waals surface area (Å²) in [6, 6.07) is 5.84. The third-order valence-electron chi connectivity index (χ3n) is 2.79. The van der Waals surface area contributed by atoms with E-state index in [0.29, 0.717) is 28.2 Å². The van der Waals surface area contributed by atoms with Gasteiger partial charge < -0.3 is 10.1 Å². The highest BCUT2D eigenvalue weighted by molar-refractivity contribution is 6.29. The molecule has 1 aromatic carbocycles. The molecule has 2 aromatic rings. The molecule has 6 heteroatoms. The predicted octanol–water partition coefficient (Wildman–Crippen LogP) is 4.32. The quantitative estimate of drug-likeness (QED) is 0.858. The van der Waals surface area contributed by atoms with Gasteiger partial charge in [-0.2, -0.15) is 0 Å². The van der Waals surface area contributed by atoms with E-state index in [-0.39, 0.29) is 11.2 Å². The molecule has 21 heavy (non-hydrogen) atoms. The molecule has 0 unspecified atom stereocenters. The van der Waals surface area contributed by atoms with Crippen molar-refractivity contribution in [3.63, 3.8) is 0 Å². The molecule has 0 radical (unpaired) electrons. The van der Waals surface area contributed by atoms with Gasteiger partial charge in [0, 0.05) is 17.5 Å². The van der Waals surface area contributed by atoms with Crippen LogP contribution in [0.1, 0.15) is 26.6 Å². The zero-order valence-corrected chi connectivity index (χ0v) is 13.1. The van der Waals surface area contributed by atoms with Crippen LogP contribution in [0.3, 0.4) is 0 Å². The second-order valence-electron chi connectivity index (χ2n) is 5.62. The van der Waals surface area contributed by atoms with Crippen LogP contribution in [0.4, 0.5) is 15.9 Å². The van der Waals surface area contributed by atoms with Gasteiger partial charge in [-0.3, -0.25) is 0 Å². The standard InChI is InChI=1S/C15H17ClFN3O/c1-15(2,3)14-19-12(16)8-13(20-14)18-10-6-5-9(17)7-11(10)21-4/h5-8H,1-4H3,(H,18,19,20). The Balaban J connectivity index is 2.38. The lowest BCUT2D eigenvalue weighted by Crippen LogP contribution is -2.16. The molecule has 0 bridgehead atoms. The van der Waals surface area contributed by atoms with Crippen LogP contribution in [-0.4, -0.2) is 17.1 Å². The lowest BCUT2D eigenvalue weighted by atomic mass is 9.96. The summed E-state index contributed by atoms with van der Waals surface area (Å²) in [6.07, 6.45) is 0. The average Bonchev–Trinajstić information content (AvgIpc) is 2.39. The number of benzene rings is 1. The lowest BCUT2D eigenvalue weighted by Gasteiger charge is -2.18. The van der Waals surface area contributed by atoms with Crippen molar-refractivity contribution in [1.82, 2.24) is 9.97 Å². The fraction of sp³-hybridized carbons (Fsp3) is 0.333. The number of halogens is 2. The van der Waals surface area contributed by atoms with Gasteiger partial charge in [0.05, 0.1) is 12.8 Å². The molecule has 1 aromatic heterocycles. The van der Waals surface area contributed by atoms with E-state index in [1.807, 2.05) is 20.8 Å². The Labute approximate surface area is 128 Å². The molecule has 0 aliphatic heterocycles. The molecule has 1 N–H and O–H groups in total. The van der Waals surface area contributed by atoms with Crippen molar-refractivity contribution in [1.29, 1.82) is 0 Å². The minimum Gasteiger partial charge on any atom is -0.494 e. The number of anilines is 2. The monoisotopic (exact) mass is 309 g/mol. The van der Waals surface area contributed by atoms with Crippen molar-refractivity contribution in [2.24, 2.45) is 0 Å². The maximum Gasteiger partial charge on any atom is 0.145 e. The Morgan fingerprint density at radius 3 is 2.52 bits per heavy atom. The number of hydrogen-bond acceptors (Lipinski definition) is 4. The van der Waals surface area contributed by atoms with Crippen LogP contribution in [0.25, 0.3) is 0 Å². The number of aromatic nitrogens is 2. The molecule has 0 amide bonds. The maximum atomic E-state index is 13.2. The molecule has 0 saturated heterocycles. The largest absolute Gasteiger partial charge is 0.494 e. The van der Waals surface area contributed by atoms with Crippen LogP contribution >= 0.6 is 11.6 Å². The Bertz CT molecular complexity index is 656. The van der Waals surface area contributed by atoms with Crippen molar-refractivity contribution in [3.05, 3.63) is 41.1 Å². The molecular formula is C15H17ClFN3O. The number of rotatable bonds is 3. The molecule has 112 valence electrons. The summed E-state index contributed by atoms with van der Waals surface area (Å²) in [7, 11) is 1.48. The second kappa shape index (κ2) is 5.85. The highest BCUT2D eigenvalue weighted by Gasteiger charge is 2.19. The Morgan fingerprint density at radius 2 is 1.90 bits per heavy atom. The Hall–Kier alpha value is -1.88. The third kappa shape index (κ3) is 3.82. The normalized spacial score (nSPS) is 11.3. The van der Waals surface area contributed by atoms with Crippen LogP contribution < -0.4 is 10.1 Å². The number of methoxy groups -OCH3 is 1. The highest BCUT2D eigenvalue weighted by Crippen LogP contribution is 2.29. The minimum absolute atomic E-state index is 0.228. The summed E-state index contributed by atoms with van der Waals surface area (Å²) in [4.78, 5) is 8.67. The van der Waals surface area contributed by atoms with Gasteiger partial charge in [-0.15, -0.1) is 0 Å². The van der Waals surface area contributed by atoms with Gasteiger partial charge in [-0.05, 0) is 12.1 Å². The van der Waals surface area contributed by atoms with E-state index < -0.39 is 0 Å². The van der Waals surface area contributed by atoms with Gasteiger partial charge in [0.1, 0.15) is 28.4 Å². The topological polar surface area (TPSA) is 47.0 Å². The van der Waals surface area contributed by atoms with E-state index in [4.69, 9.17) is 16.3 Å². The van der Waals surface area contributed by atoms with Gasteiger partial charge in [0.25, 0.3) is 0 Å². The van der Waals surface area contributed by atoms with E-state index >= 15 is 0 Å². The number of hydrogen-bond donors (Lipinski definition) is 1. The molecule has 1 heterocycles. The van der Waals surface area contributed by atoms with E-state index in [2.05, 4.69) is 15.3 Å². The van der Waals surface area contributed by atoms with Crippen LogP contribution in [-0.2, 0) is 5.41 Å². The fourth-order valence-corrected chi connectivity index (χ4v) is 1.91. The summed E-state index contributed by atoms with van der Waals surface area (Å²) in [5.74, 6) is 1.18. The van der Waals surface area contributed by atoms with Crippen LogP contribution in [0.5, 0.6) is 5.75 Å². The van der Waals surface area contributed by atoms with E-state index in [9.17, 15) is 4.39 Å². The third-order valence-corrected chi connectivity index (χ3v) is 2.99. The van der Waals surface area contributed by atoms with Crippen LogP contribution in [0.2, 0.25) is 5.15 Å². The van der Waals surface area contributed by atoms with Crippen molar-refractivity contribution in [2.45, 2.75) is 26.2 Å². The van der Waals surface area contributed by atoms with Crippen LogP contribution in [0, 0.1) is 5.82 Å². The van der Waals surface area contributed by atoms with E-state index in [1.165, 1.54) is 19.2 Å². The van der Waals surface area contributed by atoms with Crippen molar-refractivity contribution in [3.8, 4) is 5.75 Å². The fourth-order valence-electron chi connectivity index (χ4n) is 1.72. The molecule has 0 aliphatic carbocycles. The zero-order valence-electron chi connectivity index (χ0n) is 12.4. The molecule has 0 saturated carbocycles. The Kier molecular flexibility index (Phi) is 4.32.